The lowest BCUT2D eigenvalue weighted by molar-refractivity contribution is 0.217. The maximum Gasteiger partial charge on any atom is 0.125 e. The molecule has 0 aromatic heterocycles. The van der Waals surface area contributed by atoms with E-state index in [1.807, 2.05) is 0 Å². The third kappa shape index (κ3) is 2.50. The molecule has 0 saturated heterocycles. The third-order valence-corrected chi connectivity index (χ3v) is 5.81. The van der Waals surface area contributed by atoms with Crippen molar-refractivity contribution in [3.8, 4) is 5.75 Å². The average Bonchev–Trinajstić information content (AvgIpc) is 3.07. The molecule has 2 nitrogen and oxygen atoms in total. The predicted molar refractivity (Wildman–Crippen MR) is 86.2 cm³/mol. The fraction of sp³-hybridized carbons (Fsp3) is 0.647. The Labute approximate surface area is 130 Å². The molecule has 3 rings (SSSR count). The van der Waals surface area contributed by atoms with E-state index in [1.54, 1.807) is 0 Å². The van der Waals surface area contributed by atoms with Gasteiger partial charge >= 0.3 is 0 Å². The lowest BCUT2D eigenvalue weighted by Crippen LogP contribution is -2.41. The van der Waals surface area contributed by atoms with Crippen LogP contribution in [0.15, 0.2) is 16.6 Å². The fourth-order valence-corrected chi connectivity index (χ4v) is 4.57. The van der Waals surface area contributed by atoms with Crippen molar-refractivity contribution in [3.05, 3.63) is 27.7 Å². The zero-order valence-electron chi connectivity index (χ0n) is 12.3. The van der Waals surface area contributed by atoms with E-state index in [0.29, 0.717) is 5.41 Å². The summed E-state index contributed by atoms with van der Waals surface area (Å²) < 4.78 is 6.99. The summed E-state index contributed by atoms with van der Waals surface area (Å²) in [4.78, 5) is 0. The molecule has 1 aliphatic carbocycles. The summed E-state index contributed by atoms with van der Waals surface area (Å²) in [6, 6.07) is 4.63. The van der Waals surface area contributed by atoms with Crippen LogP contribution in [0, 0.1) is 5.41 Å². The van der Waals surface area contributed by atoms with E-state index in [9.17, 15) is 0 Å². The molecule has 0 bridgehead atoms. The number of nitrogens with two attached hydrogens (primary N) is 1. The first-order valence-corrected chi connectivity index (χ1v) is 8.63. The maximum atomic E-state index is 6.63. The minimum absolute atomic E-state index is 0.248. The number of hydrogen-bond donors (Lipinski definition) is 1. The SMILES string of the molecule is CCC1(C(N)Cc2cc(Br)cc3c2OCC3)CCCC1. The first kappa shape index (κ1) is 14.4. The van der Waals surface area contributed by atoms with Crippen LogP contribution in [0.3, 0.4) is 0 Å². The van der Waals surface area contributed by atoms with E-state index in [-0.39, 0.29) is 6.04 Å². The van der Waals surface area contributed by atoms with E-state index >= 15 is 0 Å². The van der Waals surface area contributed by atoms with Crippen molar-refractivity contribution < 1.29 is 4.74 Å². The second-order valence-electron chi connectivity index (χ2n) is 6.39. The van der Waals surface area contributed by atoms with Crippen LogP contribution in [-0.2, 0) is 12.8 Å². The molecule has 1 aromatic carbocycles. The van der Waals surface area contributed by atoms with Crippen LogP contribution in [0.25, 0.3) is 0 Å². The van der Waals surface area contributed by atoms with E-state index in [2.05, 4.69) is 35.0 Å². The molecule has 1 heterocycles. The summed E-state index contributed by atoms with van der Waals surface area (Å²) in [5.41, 5.74) is 9.61. The minimum Gasteiger partial charge on any atom is -0.493 e. The zero-order valence-corrected chi connectivity index (χ0v) is 13.8. The molecule has 110 valence electrons. The largest absolute Gasteiger partial charge is 0.493 e. The van der Waals surface area contributed by atoms with Gasteiger partial charge in [0.15, 0.2) is 0 Å². The van der Waals surface area contributed by atoms with E-state index < -0.39 is 0 Å². The van der Waals surface area contributed by atoms with Crippen LogP contribution in [0.2, 0.25) is 0 Å². The highest BCUT2D eigenvalue weighted by Crippen LogP contribution is 2.45. The molecule has 3 heteroatoms. The van der Waals surface area contributed by atoms with Gasteiger partial charge < -0.3 is 10.5 Å². The van der Waals surface area contributed by atoms with Crippen molar-refractivity contribution in [2.24, 2.45) is 11.1 Å². The summed E-state index contributed by atoms with van der Waals surface area (Å²) in [5.74, 6) is 1.10. The van der Waals surface area contributed by atoms with Gasteiger partial charge in [0.05, 0.1) is 6.61 Å². The Hall–Kier alpha value is -0.540. The standard InChI is InChI=1S/C17H24BrNO/c1-2-17(6-3-4-7-17)15(19)11-13-10-14(18)9-12-5-8-20-16(12)13/h9-10,15H,2-8,11,19H2,1H3. The van der Waals surface area contributed by atoms with Gasteiger partial charge in [-0.25, -0.2) is 0 Å². The highest BCUT2D eigenvalue weighted by atomic mass is 79.9. The zero-order chi connectivity index (χ0) is 14.2. The topological polar surface area (TPSA) is 35.2 Å². The Morgan fingerprint density at radius 2 is 2.10 bits per heavy atom. The summed E-state index contributed by atoms with van der Waals surface area (Å²) >= 11 is 3.62. The first-order valence-electron chi connectivity index (χ1n) is 7.84. The second-order valence-corrected chi connectivity index (χ2v) is 7.30. The highest BCUT2D eigenvalue weighted by molar-refractivity contribution is 9.10. The third-order valence-electron chi connectivity index (χ3n) is 5.36. The Kier molecular flexibility index (Phi) is 4.09. The second kappa shape index (κ2) is 5.69. The number of rotatable bonds is 4. The van der Waals surface area contributed by atoms with Gasteiger partial charge in [0, 0.05) is 16.9 Å². The average molecular weight is 338 g/mol. The van der Waals surface area contributed by atoms with Gasteiger partial charge in [-0.1, -0.05) is 35.7 Å². The van der Waals surface area contributed by atoms with Gasteiger partial charge in [-0.2, -0.15) is 0 Å². The minimum atomic E-state index is 0.248. The van der Waals surface area contributed by atoms with Crippen LogP contribution >= 0.6 is 15.9 Å². The summed E-state index contributed by atoms with van der Waals surface area (Å²) in [6.07, 6.45) is 8.43. The monoisotopic (exact) mass is 337 g/mol. The maximum absolute atomic E-state index is 6.63. The van der Waals surface area contributed by atoms with Gasteiger partial charge in [-0.05, 0) is 54.4 Å². The molecule has 0 radical (unpaired) electrons. The normalized spacial score (nSPS) is 21.6. The lowest BCUT2D eigenvalue weighted by atomic mass is 9.74. The Morgan fingerprint density at radius 1 is 1.35 bits per heavy atom. The van der Waals surface area contributed by atoms with Gasteiger partial charge in [-0.15, -0.1) is 0 Å². The molecule has 1 atom stereocenters. The molecule has 1 aromatic rings. The molecule has 1 fully saturated rings. The molecule has 1 unspecified atom stereocenters. The van der Waals surface area contributed by atoms with Crippen LogP contribution < -0.4 is 10.5 Å². The van der Waals surface area contributed by atoms with Crippen molar-refractivity contribution in [3.63, 3.8) is 0 Å². The molecule has 20 heavy (non-hydrogen) atoms. The Bertz CT molecular complexity index is 494. The molecule has 2 N–H and O–H groups in total. The van der Waals surface area contributed by atoms with Gasteiger partial charge in [-0.3, -0.25) is 0 Å². The smallest absolute Gasteiger partial charge is 0.125 e. The van der Waals surface area contributed by atoms with E-state index in [4.69, 9.17) is 10.5 Å². The molecule has 0 spiro atoms. The number of hydrogen-bond acceptors (Lipinski definition) is 2. The molecule has 2 aliphatic rings. The number of ether oxygens (including phenoxy) is 1. The molecular formula is C17H24BrNO. The summed E-state index contributed by atoms with van der Waals surface area (Å²) in [7, 11) is 0. The van der Waals surface area contributed by atoms with Crippen LogP contribution in [0.1, 0.15) is 50.2 Å². The Morgan fingerprint density at radius 3 is 2.80 bits per heavy atom. The van der Waals surface area contributed by atoms with Crippen molar-refractivity contribution in [2.45, 2.75) is 57.9 Å². The number of fused-ring (bicyclic) bond motifs is 1. The van der Waals surface area contributed by atoms with Crippen LogP contribution in [0.5, 0.6) is 5.75 Å². The van der Waals surface area contributed by atoms with Crippen molar-refractivity contribution in [1.29, 1.82) is 0 Å². The molecule has 1 aliphatic heterocycles. The van der Waals surface area contributed by atoms with Gasteiger partial charge in [0.2, 0.25) is 0 Å². The first-order chi connectivity index (χ1) is 9.64. The number of halogens is 1. The molecule has 0 amide bonds. The fourth-order valence-electron chi connectivity index (χ4n) is 4.02. The quantitative estimate of drug-likeness (QED) is 0.892. The summed E-state index contributed by atoms with van der Waals surface area (Å²) in [5, 5.41) is 0. The molecule has 1 saturated carbocycles. The van der Waals surface area contributed by atoms with E-state index in [1.165, 1.54) is 43.2 Å². The van der Waals surface area contributed by atoms with E-state index in [0.717, 1.165) is 29.7 Å². The van der Waals surface area contributed by atoms with Crippen molar-refractivity contribution in [2.75, 3.05) is 6.61 Å². The van der Waals surface area contributed by atoms with Crippen molar-refractivity contribution in [1.82, 2.24) is 0 Å². The Balaban J connectivity index is 1.84. The molecular weight excluding hydrogens is 314 g/mol. The summed E-state index contributed by atoms with van der Waals surface area (Å²) in [6.45, 7) is 3.11. The number of benzene rings is 1. The highest BCUT2D eigenvalue weighted by Gasteiger charge is 2.38. The van der Waals surface area contributed by atoms with Crippen molar-refractivity contribution >= 4 is 15.9 Å². The van der Waals surface area contributed by atoms with Crippen LogP contribution in [-0.4, -0.2) is 12.6 Å². The van der Waals surface area contributed by atoms with Gasteiger partial charge in [0.1, 0.15) is 5.75 Å². The van der Waals surface area contributed by atoms with Gasteiger partial charge in [0.25, 0.3) is 0 Å². The van der Waals surface area contributed by atoms with Crippen LogP contribution in [0.4, 0.5) is 0 Å². The lowest BCUT2D eigenvalue weighted by Gasteiger charge is -2.34. The predicted octanol–water partition coefficient (Wildman–Crippen LogP) is 4.22.